The predicted molar refractivity (Wildman–Crippen MR) is 124 cm³/mol. The first-order chi connectivity index (χ1) is 15.7. The molecule has 2 aliphatic heterocycles. The zero-order chi connectivity index (χ0) is 23.3. The Morgan fingerprint density at radius 1 is 1.15 bits per heavy atom. The minimum Gasteiger partial charge on any atom is -0.454 e. The van der Waals surface area contributed by atoms with Gasteiger partial charge in [-0.3, -0.25) is 9.52 Å². The Hall–Kier alpha value is -3.37. The van der Waals surface area contributed by atoms with Crippen LogP contribution >= 0.6 is 11.6 Å². The molecule has 170 valence electrons. The van der Waals surface area contributed by atoms with Crippen LogP contribution in [0, 0.1) is 0 Å². The van der Waals surface area contributed by atoms with Gasteiger partial charge in [-0.2, -0.15) is 5.10 Å². The van der Waals surface area contributed by atoms with Crippen molar-refractivity contribution >= 4 is 49.8 Å². The van der Waals surface area contributed by atoms with Crippen molar-refractivity contribution in [1.29, 1.82) is 0 Å². The number of carbonyl (C=O) groups is 1. The fourth-order valence-corrected chi connectivity index (χ4v) is 4.79. The van der Waals surface area contributed by atoms with E-state index >= 15 is 0 Å². The van der Waals surface area contributed by atoms with Crippen LogP contribution in [0.4, 0.5) is 5.69 Å². The number of aromatic nitrogens is 1. The fourth-order valence-electron chi connectivity index (χ4n) is 3.95. The number of rotatable bonds is 4. The van der Waals surface area contributed by atoms with Gasteiger partial charge in [0, 0.05) is 36.0 Å². The van der Waals surface area contributed by atoms with E-state index in [0.717, 1.165) is 17.2 Å². The standard InChI is InChI=1S/C22H19ClN4O5S/c1-12(28)27-19(9-18(25-27)13-3-5-15(6-4-13)26-33(2,29)30)16-7-14-8-20-21(32-11-31-20)10-17(14)24-22(16)23/h3-8,10,19,26H,9,11H2,1-2H3/t19-/m1/s1. The molecule has 3 aromatic rings. The van der Waals surface area contributed by atoms with Gasteiger partial charge in [0.15, 0.2) is 11.5 Å². The number of amides is 1. The molecule has 0 unspecified atom stereocenters. The summed E-state index contributed by atoms with van der Waals surface area (Å²) in [6.45, 7) is 1.60. The molecule has 0 radical (unpaired) electrons. The van der Waals surface area contributed by atoms with E-state index in [1.165, 1.54) is 11.9 Å². The molecule has 33 heavy (non-hydrogen) atoms. The van der Waals surface area contributed by atoms with Crippen LogP contribution in [0.15, 0.2) is 47.6 Å². The molecule has 3 heterocycles. The molecule has 9 nitrogen and oxygen atoms in total. The highest BCUT2D eigenvalue weighted by molar-refractivity contribution is 7.92. The number of halogens is 1. The summed E-state index contributed by atoms with van der Waals surface area (Å²) in [6.07, 6.45) is 1.52. The summed E-state index contributed by atoms with van der Waals surface area (Å²) in [5.74, 6) is 1.02. The molecule has 1 atom stereocenters. The zero-order valence-electron chi connectivity index (χ0n) is 17.7. The molecule has 2 aromatic carbocycles. The smallest absolute Gasteiger partial charge is 0.240 e. The van der Waals surface area contributed by atoms with E-state index in [0.29, 0.717) is 40.4 Å². The number of sulfonamides is 1. The molecular weight excluding hydrogens is 468 g/mol. The highest BCUT2D eigenvalue weighted by atomic mass is 35.5. The Balaban J connectivity index is 1.48. The van der Waals surface area contributed by atoms with Gasteiger partial charge in [0.2, 0.25) is 22.7 Å². The lowest BCUT2D eigenvalue weighted by Gasteiger charge is -2.21. The van der Waals surface area contributed by atoms with Crippen molar-refractivity contribution < 1.29 is 22.7 Å². The third-order valence-electron chi connectivity index (χ3n) is 5.40. The van der Waals surface area contributed by atoms with E-state index in [2.05, 4.69) is 14.8 Å². The van der Waals surface area contributed by atoms with Gasteiger partial charge < -0.3 is 9.47 Å². The maximum atomic E-state index is 12.4. The molecule has 0 saturated heterocycles. The third-order valence-corrected chi connectivity index (χ3v) is 6.31. The summed E-state index contributed by atoms with van der Waals surface area (Å²) in [6, 6.07) is 11.9. The largest absolute Gasteiger partial charge is 0.454 e. The van der Waals surface area contributed by atoms with Crippen molar-refractivity contribution in [2.45, 2.75) is 19.4 Å². The van der Waals surface area contributed by atoms with Crippen LogP contribution in [-0.4, -0.2) is 43.1 Å². The molecule has 2 aliphatic rings. The van der Waals surface area contributed by atoms with E-state index in [1.807, 2.05) is 12.1 Å². The van der Waals surface area contributed by atoms with Crippen molar-refractivity contribution in [1.82, 2.24) is 9.99 Å². The van der Waals surface area contributed by atoms with Crippen LogP contribution in [0.2, 0.25) is 5.15 Å². The highest BCUT2D eigenvalue weighted by Gasteiger charge is 2.33. The zero-order valence-corrected chi connectivity index (χ0v) is 19.3. The second-order valence-corrected chi connectivity index (χ2v) is 9.95. The molecular formula is C22H19ClN4O5S. The quantitative estimate of drug-likeness (QED) is 0.563. The summed E-state index contributed by atoms with van der Waals surface area (Å²) in [4.78, 5) is 16.9. The SMILES string of the molecule is CC(=O)N1N=C(c2ccc(NS(C)(=O)=O)cc2)C[C@@H]1c1cc2cc3c(cc2nc1Cl)OCO3. The Bertz CT molecular complexity index is 1420. The minimum atomic E-state index is -3.37. The van der Waals surface area contributed by atoms with Gasteiger partial charge in [0.05, 0.1) is 23.5 Å². The molecule has 0 aliphatic carbocycles. The number of benzene rings is 2. The predicted octanol–water partition coefficient (Wildman–Crippen LogP) is 3.69. The number of hydrazone groups is 1. The Labute approximate surface area is 195 Å². The van der Waals surface area contributed by atoms with Gasteiger partial charge >= 0.3 is 0 Å². The van der Waals surface area contributed by atoms with E-state index in [4.69, 9.17) is 21.1 Å². The molecule has 11 heteroatoms. The van der Waals surface area contributed by atoms with E-state index in [9.17, 15) is 13.2 Å². The van der Waals surface area contributed by atoms with Crippen molar-refractivity contribution in [3.8, 4) is 11.5 Å². The fraction of sp³-hybridized carbons (Fsp3) is 0.227. The number of hydrogen-bond acceptors (Lipinski definition) is 7. The average Bonchev–Trinajstić information content (AvgIpc) is 3.38. The average molecular weight is 487 g/mol. The Morgan fingerprint density at radius 3 is 2.52 bits per heavy atom. The van der Waals surface area contributed by atoms with E-state index in [1.54, 1.807) is 30.3 Å². The molecule has 0 saturated carbocycles. The number of ether oxygens (including phenoxy) is 2. The number of fused-ring (bicyclic) bond motifs is 2. The van der Waals surface area contributed by atoms with Gasteiger partial charge in [-0.25, -0.2) is 18.4 Å². The number of pyridine rings is 1. The number of anilines is 1. The first kappa shape index (κ1) is 21.5. The van der Waals surface area contributed by atoms with Crippen molar-refractivity contribution in [2.75, 3.05) is 17.8 Å². The van der Waals surface area contributed by atoms with Crippen LogP contribution in [0.3, 0.4) is 0 Å². The molecule has 1 amide bonds. The van der Waals surface area contributed by atoms with Crippen molar-refractivity contribution in [2.24, 2.45) is 5.10 Å². The number of nitrogens with zero attached hydrogens (tertiary/aromatic N) is 3. The normalized spacial score (nSPS) is 17.4. The molecule has 5 rings (SSSR count). The monoisotopic (exact) mass is 486 g/mol. The first-order valence-electron chi connectivity index (χ1n) is 10.0. The molecule has 1 N–H and O–H groups in total. The molecule has 0 spiro atoms. The molecule has 1 aromatic heterocycles. The number of carbonyl (C=O) groups excluding carboxylic acids is 1. The molecule has 0 bridgehead atoms. The summed E-state index contributed by atoms with van der Waals surface area (Å²) in [7, 11) is -3.37. The summed E-state index contributed by atoms with van der Waals surface area (Å²) < 4.78 is 36.2. The van der Waals surface area contributed by atoms with Crippen LogP contribution in [0.1, 0.15) is 30.5 Å². The van der Waals surface area contributed by atoms with Crippen molar-refractivity contribution in [3.63, 3.8) is 0 Å². The van der Waals surface area contributed by atoms with Crippen molar-refractivity contribution in [3.05, 3.63) is 58.7 Å². The van der Waals surface area contributed by atoms with E-state index < -0.39 is 16.1 Å². The summed E-state index contributed by atoms with van der Waals surface area (Å²) >= 11 is 6.54. The topological polar surface area (TPSA) is 110 Å². The summed E-state index contributed by atoms with van der Waals surface area (Å²) in [5, 5.41) is 7.02. The second kappa shape index (κ2) is 7.89. The second-order valence-electron chi connectivity index (χ2n) is 7.85. The maximum absolute atomic E-state index is 12.4. The van der Waals surface area contributed by atoms with Crippen LogP contribution in [0.25, 0.3) is 10.9 Å². The van der Waals surface area contributed by atoms with E-state index in [-0.39, 0.29) is 17.9 Å². The lowest BCUT2D eigenvalue weighted by molar-refractivity contribution is -0.130. The highest BCUT2D eigenvalue weighted by Crippen LogP contribution is 2.40. The van der Waals surface area contributed by atoms with Crippen LogP contribution < -0.4 is 14.2 Å². The van der Waals surface area contributed by atoms with Gasteiger partial charge in [0.25, 0.3) is 0 Å². The Kier molecular flexibility index (Phi) is 5.13. The number of hydrogen-bond donors (Lipinski definition) is 1. The third kappa shape index (κ3) is 4.19. The molecule has 0 fully saturated rings. The first-order valence-corrected chi connectivity index (χ1v) is 12.3. The van der Waals surface area contributed by atoms with Gasteiger partial charge in [-0.15, -0.1) is 0 Å². The van der Waals surface area contributed by atoms with Gasteiger partial charge in [-0.05, 0) is 29.8 Å². The van der Waals surface area contributed by atoms with Gasteiger partial charge in [0.1, 0.15) is 5.15 Å². The van der Waals surface area contributed by atoms with Crippen LogP contribution in [0.5, 0.6) is 11.5 Å². The minimum absolute atomic E-state index is 0.155. The van der Waals surface area contributed by atoms with Crippen LogP contribution in [-0.2, 0) is 14.8 Å². The van der Waals surface area contributed by atoms with Gasteiger partial charge in [-0.1, -0.05) is 23.7 Å². The number of nitrogens with one attached hydrogen (secondary N) is 1. The maximum Gasteiger partial charge on any atom is 0.240 e. The lowest BCUT2D eigenvalue weighted by Crippen LogP contribution is -2.24. The Morgan fingerprint density at radius 2 is 1.85 bits per heavy atom. The summed E-state index contributed by atoms with van der Waals surface area (Å²) in [5.41, 5.74) is 3.24. The lowest BCUT2D eigenvalue weighted by atomic mass is 9.98.